The minimum Gasteiger partial charge on any atom is -0.354 e. The van der Waals surface area contributed by atoms with Crippen LogP contribution in [0.25, 0.3) is 90.9 Å². The number of hydrogen-bond acceptors (Lipinski definition) is 6. The fourth-order valence-corrected chi connectivity index (χ4v) is 8.82. The van der Waals surface area contributed by atoms with E-state index in [1.807, 2.05) is 229 Å². The van der Waals surface area contributed by atoms with Crippen molar-refractivity contribution in [3.63, 3.8) is 0 Å². The van der Waals surface area contributed by atoms with Crippen LogP contribution in [0, 0.1) is 21.7 Å². The van der Waals surface area contributed by atoms with Crippen LogP contribution in [0.4, 0.5) is 22.7 Å². The minimum absolute atomic E-state index is 0. The SMILES string of the molecule is CC(C)(C)C(=O)Nc1ccccc1-c1c2nc(c(-c3ccccc3NC(=O)C(C)(C)C)c3ccc([nH]3)c(-c3ccccc3NC(=O)C(C)(C)C)c3ccc([nH]3)c(-c3ccccc3NC(=O)C(C)(C)C)c3nc1C=C3)C=C2.[Al+3]. The normalized spacial score (nSPS) is 12.4. The zero-order valence-corrected chi connectivity index (χ0v) is 47.1. The Bertz CT molecular complexity index is 3570. The molecule has 0 saturated carbocycles. The number of nitrogens with zero attached hydrogens (tertiary/aromatic N) is 2. The molecule has 386 valence electrons. The summed E-state index contributed by atoms with van der Waals surface area (Å²) in [7, 11) is 0. The Morgan fingerprint density at radius 2 is 0.545 bits per heavy atom. The molecule has 77 heavy (non-hydrogen) atoms. The second kappa shape index (κ2) is 21.1. The summed E-state index contributed by atoms with van der Waals surface area (Å²) in [5.41, 5.74) is 10.6. The molecule has 2 aliphatic rings. The first kappa shape index (κ1) is 55.1. The Hall–Kier alpha value is -8.11. The van der Waals surface area contributed by atoms with Gasteiger partial charge in [0.1, 0.15) is 0 Å². The molecule has 0 saturated heterocycles. The number of para-hydroxylation sites is 4. The van der Waals surface area contributed by atoms with E-state index in [0.717, 1.165) is 33.3 Å². The molecule has 0 aliphatic carbocycles. The number of carbonyl (C=O) groups is 4. The molecule has 5 heterocycles. The first-order chi connectivity index (χ1) is 35.9. The number of aromatic amines is 2. The van der Waals surface area contributed by atoms with Gasteiger partial charge in [-0.05, 0) is 72.8 Å². The molecule has 0 atom stereocenters. The Morgan fingerprint density at radius 1 is 0.325 bits per heavy atom. The van der Waals surface area contributed by atoms with Gasteiger partial charge in [-0.15, -0.1) is 0 Å². The topological polar surface area (TPSA) is 174 Å². The van der Waals surface area contributed by atoms with Gasteiger partial charge < -0.3 is 31.2 Å². The standard InChI is InChI=1S/C64H66N8O4.Al/c1-61(2,3)57(73)69-41-25-17-13-21-37(41)53-45-29-31-47(65-45)54(38-22-14-18-26-42(38)70-58(74)62(4,5)6)49-33-35-51(67-49)56(40-24-16-20-28-44(40)72-60(76)64(10,11)12)52-36-34-50(68-52)55(48-32-30-46(53)66-48)39-23-15-19-27-43(39)71-59(75)63(7,8)9;/h13-36,65-66H,1-12H3,(H,69,73)(H,70,74)(H,71,75)(H,72,76);/q;+3. The van der Waals surface area contributed by atoms with Gasteiger partial charge in [-0.25, -0.2) is 9.97 Å². The Kier molecular flexibility index (Phi) is 15.1. The molecule has 4 amide bonds. The summed E-state index contributed by atoms with van der Waals surface area (Å²) in [6.45, 7) is 22.6. The zero-order chi connectivity index (χ0) is 54.5. The molecule has 0 radical (unpaired) electrons. The second-order valence-corrected chi connectivity index (χ2v) is 23.5. The van der Waals surface area contributed by atoms with Gasteiger partial charge in [-0.2, -0.15) is 0 Å². The van der Waals surface area contributed by atoms with Crippen LogP contribution in [0.15, 0.2) is 121 Å². The monoisotopic (exact) mass is 1040 g/mol. The van der Waals surface area contributed by atoms with E-state index in [1.165, 1.54) is 0 Å². The molecule has 13 heteroatoms. The number of benzene rings is 4. The third kappa shape index (κ3) is 11.5. The summed E-state index contributed by atoms with van der Waals surface area (Å²) in [5, 5.41) is 12.9. The van der Waals surface area contributed by atoms with E-state index in [-0.39, 0.29) is 41.0 Å². The van der Waals surface area contributed by atoms with Crippen LogP contribution in [0.5, 0.6) is 0 Å². The molecule has 4 aromatic carbocycles. The molecular formula is C64H66AlN8O4+3. The first-order valence-corrected chi connectivity index (χ1v) is 25.7. The number of aromatic nitrogens is 4. The van der Waals surface area contributed by atoms with Crippen molar-refractivity contribution >= 4 is 110 Å². The maximum atomic E-state index is 13.8. The van der Waals surface area contributed by atoms with Crippen LogP contribution in [-0.4, -0.2) is 60.9 Å². The van der Waals surface area contributed by atoms with E-state index >= 15 is 0 Å². The van der Waals surface area contributed by atoms with E-state index < -0.39 is 21.7 Å². The van der Waals surface area contributed by atoms with E-state index in [1.54, 1.807) is 0 Å². The Balaban J connectivity index is 0.00000784. The van der Waals surface area contributed by atoms with E-state index in [2.05, 4.69) is 31.2 Å². The van der Waals surface area contributed by atoms with Gasteiger partial charge in [0.15, 0.2) is 0 Å². The number of H-pyrrole nitrogens is 2. The van der Waals surface area contributed by atoms with Crippen molar-refractivity contribution in [1.82, 2.24) is 19.9 Å². The van der Waals surface area contributed by atoms with Gasteiger partial charge in [-0.1, -0.05) is 156 Å². The predicted molar refractivity (Wildman–Crippen MR) is 319 cm³/mol. The van der Waals surface area contributed by atoms with E-state index in [0.29, 0.717) is 78.8 Å². The Labute approximate surface area is 461 Å². The van der Waals surface area contributed by atoms with Crippen molar-refractivity contribution in [3.8, 4) is 44.5 Å². The number of hydrogen-bond donors (Lipinski definition) is 6. The predicted octanol–water partition coefficient (Wildman–Crippen LogP) is 14.9. The Morgan fingerprint density at radius 3 is 0.818 bits per heavy atom. The van der Waals surface area contributed by atoms with Gasteiger partial charge in [0, 0.05) is 111 Å². The quantitative estimate of drug-likeness (QED) is 0.0826. The van der Waals surface area contributed by atoms with Gasteiger partial charge in [0.2, 0.25) is 23.6 Å². The van der Waals surface area contributed by atoms with Gasteiger partial charge in [-0.3, -0.25) is 19.2 Å². The summed E-state index contributed by atoms with van der Waals surface area (Å²) in [6, 6.07) is 38.9. The summed E-state index contributed by atoms with van der Waals surface area (Å²) in [4.78, 5) is 73.8. The van der Waals surface area contributed by atoms with Crippen LogP contribution < -0.4 is 21.3 Å². The summed E-state index contributed by atoms with van der Waals surface area (Å²) in [5.74, 6) is -0.603. The smallest absolute Gasteiger partial charge is 0.354 e. The molecule has 6 N–H and O–H groups in total. The van der Waals surface area contributed by atoms with Gasteiger partial charge >= 0.3 is 17.4 Å². The molecule has 12 nitrogen and oxygen atoms in total. The third-order valence-electron chi connectivity index (χ3n) is 13.3. The zero-order valence-electron chi connectivity index (χ0n) is 46.0. The third-order valence-corrected chi connectivity index (χ3v) is 13.3. The number of anilines is 4. The van der Waals surface area contributed by atoms with Gasteiger partial charge in [0.05, 0.1) is 22.8 Å². The van der Waals surface area contributed by atoms with Crippen molar-refractivity contribution in [3.05, 3.63) is 144 Å². The van der Waals surface area contributed by atoms with Crippen LogP contribution in [0.2, 0.25) is 0 Å². The molecule has 3 aromatic heterocycles. The average molecular weight is 1040 g/mol. The fourth-order valence-electron chi connectivity index (χ4n) is 8.82. The van der Waals surface area contributed by atoms with Crippen LogP contribution in [0.1, 0.15) is 106 Å². The molecule has 9 rings (SSSR count). The average Bonchev–Trinajstić information content (AvgIpc) is 4.25. The van der Waals surface area contributed by atoms with Crippen molar-refractivity contribution in [2.75, 3.05) is 21.3 Å². The second-order valence-electron chi connectivity index (χ2n) is 23.5. The fraction of sp³-hybridized carbons (Fsp3) is 0.250. The molecule has 8 bridgehead atoms. The maximum Gasteiger partial charge on any atom is 3.00 e. The maximum absolute atomic E-state index is 13.8. The van der Waals surface area contributed by atoms with Crippen molar-refractivity contribution in [2.45, 2.75) is 83.1 Å². The van der Waals surface area contributed by atoms with Crippen molar-refractivity contribution in [2.24, 2.45) is 21.7 Å². The molecule has 7 aromatic rings. The van der Waals surface area contributed by atoms with Gasteiger partial charge in [0.25, 0.3) is 0 Å². The van der Waals surface area contributed by atoms with E-state index in [4.69, 9.17) is 9.97 Å². The molecule has 0 fully saturated rings. The molecular weight excluding hydrogens is 972 g/mol. The van der Waals surface area contributed by atoms with E-state index in [9.17, 15) is 19.2 Å². The van der Waals surface area contributed by atoms with Crippen LogP contribution in [0.3, 0.4) is 0 Å². The number of fused-ring (bicyclic) bond motifs is 8. The number of amides is 4. The summed E-state index contributed by atoms with van der Waals surface area (Å²) in [6.07, 6.45) is 7.86. The number of rotatable bonds is 8. The molecule has 0 unspecified atom stereocenters. The summed E-state index contributed by atoms with van der Waals surface area (Å²) >= 11 is 0. The van der Waals surface area contributed by atoms with Crippen LogP contribution >= 0.6 is 0 Å². The molecule has 2 aliphatic heterocycles. The van der Waals surface area contributed by atoms with Crippen LogP contribution in [-0.2, 0) is 19.2 Å². The van der Waals surface area contributed by atoms with Crippen molar-refractivity contribution in [1.29, 1.82) is 0 Å². The minimum atomic E-state index is -0.696. The summed E-state index contributed by atoms with van der Waals surface area (Å²) < 4.78 is 0. The van der Waals surface area contributed by atoms with Crippen molar-refractivity contribution < 1.29 is 19.2 Å². The largest absolute Gasteiger partial charge is 3.00 e. The number of nitrogens with one attached hydrogen (secondary N) is 6. The molecule has 0 spiro atoms. The number of carbonyl (C=O) groups excluding carboxylic acids is 4. The first-order valence-electron chi connectivity index (χ1n) is 25.7.